The van der Waals surface area contributed by atoms with E-state index in [0.717, 1.165) is 22.1 Å². The van der Waals surface area contributed by atoms with Gasteiger partial charge in [-0.05, 0) is 29.7 Å². The van der Waals surface area contributed by atoms with Crippen LogP contribution in [0.1, 0.15) is 25.3 Å². The largest absolute Gasteiger partial charge is 0.506 e. The standard InChI is InChI=1S/C15H14N2O/c1-9(2)10-5-3-6-11-14(10)17-15-12(16-11)7-4-8-13(15)18/h3-9,18H,1-2H3. The average Bonchev–Trinajstić information content (AvgIpc) is 2.36. The molecule has 0 unspecified atom stereocenters. The Kier molecular flexibility index (Phi) is 2.40. The maximum Gasteiger partial charge on any atom is 0.143 e. The third-order valence-corrected chi connectivity index (χ3v) is 3.13. The van der Waals surface area contributed by atoms with E-state index in [0.29, 0.717) is 11.4 Å². The van der Waals surface area contributed by atoms with E-state index in [1.165, 1.54) is 0 Å². The van der Waals surface area contributed by atoms with E-state index in [9.17, 15) is 5.11 Å². The molecule has 0 radical (unpaired) electrons. The first-order valence-corrected chi connectivity index (χ1v) is 6.05. The summed E-state index contributed by atoms with van der Waals surface area (Å²) in [6.45, 7) is 4.26. The van der Waals surface area contributed by atoms with Crippen LogP contribution in [0.5, 0.6) is 5.75 Å². The molecular formula is C15H14N2O. The Morgan fingerprint density at radius 2 is 1.56 bits per heavy atom. The maximum absolute atomic E-state index is 9.86. The SMILES string of the molecule is CC(C)c1cccc2nc3cccc(O)c3nc12. The van der Waals surface area contributed by atoms with Crippen LogP contribution in [0.25, 0.3) is 22.1 Å². The van der Waals surface area contributed by atoms with Crippen LogP contribution in [0.4, 0.5) is 0 Å². The lowest BCUT2D eigenvalue weighted by Gasteiger charge is -2.09. The molecule has 3 heteroatoms. The van der Waals surface area contributed by atoms with Crippen LogP contribution >= 0.6 is 0 Å². The van der Waals surface area contributed by atoms with Crippen LogP contribution in [0.3, 0.4) is 0 Å². The lowest BCUT2D eigenvalue weighted by Crippen LogP contribution is -1.94. The van der Waals surface area contributed by atoms with Crippen molar-refractivity contribution in [1.82, 2.24) is 9.97 Å². The predicted octanol–water partition coefficient (Wildman–Crippen LogP) is 3.61. The first-order chi connectivity index (χ1) is 8.66. The molecule has 90 valence electrons. The number of aromatic hydroxyl groups is 1. The van der Waals surface area contributed by atoms with Gasteiger partial charge in [-0.3, -0.25) is 0 Å². The molecule has 1 aromatic heterocycles. The molecule has 3 aromatic rings. The van der Waals surface area contributed by atoms with Gasteiger partial charge in [-0.15, -0.1) is 0 Å². The zero-order valence-corrected chi connectivity index (χ0v) is 10.4. The van der Waals surface area contributed by atoms with E-state index < -0.39 is 0 Å². The van der Waals surface area contributed by atoms with Crippen LogP contribution in [-0.2, 0) is 0 Å². The van der Waals surface area contributed by atoms with Gasteiger partial charge in [-0.25, -0.2) is 9.97 Å². The van der Waals surface area contributed by atoms with Crippen molar-refractivity contribution in [2.45, 2.75) is 19.8 Å². The van der Waals surface area contributed by atoms with Gasteiger partial charge in [0, 0.05) is 0 Å². The number of hydrogen-bond acceptors (Lipinski definition) is 3. The zero-order valence-electron chi connectivity index (χ0n) is 10.4. The Morgan fingerprint density at radius 3 is 2.28 bits per heavy atom. The summed E-state index contributed by atoms with van der Waals surface area (Å²) in [7, 11) is 0. The maximum atomic E-state index is 9.86. The van der Waals surface area contributed by atoms with Crippen LogP contribution in [0.2, 0.25) is 0 Å². The number of phenolic OH excluding ortho intramolecular Hbond substituents is 1. The van der Waals surface area contributed by atoms with E-state index in [1.807, 2.05) is 18.2 Å². The molecular weight excluding hydrogens is 224 g/mol. The first-order valence-electron chi connectivity index (χ1n) is 6.05. The van der Waals surface area contributed by atoms with Gasteiger partial charge in [0.15, 0.2) is 0 Å². The fourth-order valence-electron chi connectivity index (χ4n) is 2.19. The van der Waals surface area contributed by atoms with Gasteiger partial charge in [-0.1, -0.05) is 32.0 Å². The monoisotopic (exact) mass is 238 g/mol. The van der Waals surface area contributed by atoms with Crippen LogP contribution in [0.15, 0.2) is 36.4 Å². The quantitative estimate of drug-likeness (QED) is 0.659. The van der Waals surface area contributed by atoms with Gasteiger partial charge < -0.3 is 5.11 Å². The second-order valence-electron chi connectivity index (χ2n) is 4.74. The number of benzene rings is 2. The molecule has 0 amide bonds. The molecule has 2 aromatic carbocycles. The zero-order chi connectivity index (χ0) is 12.7. The number of para-hydroxylation sites is 2. The average molecular weight is 238 g/mol. The number of aromatic nitrogens is 2. The number of fused-ring (bicyclic) bond motifs is 2. The van der Waals surface area contributed by atoms with Gasteiger partial charge in [0.05, 0.1) is 16.6 Å². The summed E-state index contributed by atoms with van der Waals surface area (Å²) in [6.07, 6.45) is 0. The molecule has 1 heterocycles. The summed E-state index contributed by atoms with van der Waals surface area (Å²) >= 11 is 0. The van der Waals surface area contributed by atoms with Crippen molar-refractivity contribution in [2.24, 2.45) is 0 Å². The lowest BCUT2D eigenvalue weighted by molar-refractivity contribution is 0.480. The molecule has 0 fully saturated rings. The first kappa shape index (κ1) is 11.0. The van der Waals surface area contributed by atoms with Crippen molar-refractivity contribution in [3.8, 4) is 5.75 Å². The molecule has 0 aliphatic rings. The van der Waals surface area contributed by atoms with E-state index in [4.69, 9.17) is 0 Å². The molecule has 0 aliphatic carbocycles. The molecule has 3 rings (SSSR count). The Hall–Kier alpha value is -2.16. The van der Waals surface area contributed by atoms with Crippen molar-refractivity contribution in [3.05, 3.63) is 42.0 Å². The smallest absolute Gasteiger partial charge is 0.143 e. The summed E-state index contributed by atoms with van der Waals surface area (Å²) in [5.74, 6) is 0.562. The number of phenols is 1. The van der Waals surface area contributed by atoms with E-state index in [1.54, 1.807) is 12.1 Å². The van der Waals surface area contributed by atoms with Crippen molar-refractivity contribution in [1.29, 1.82) is 0 Å². The molecule has 0 saturated carbocycles. The highest BCUT2D eigenvalue weighted by Gasteiger charge is 2.10. The third kappa shape index (κ3) is 1.59. The normalized spacial score (nSPS) is 11.5. The second kappa shape index (κ2) is 3.95. The minimum atomic E-state index is 0.181. The Morgan fingerprint density at radius 1 is 0.889 bits per heavy atom. The number of hydrogen-bond donors (Lipinski definition) is 1. The van der Waals surface area contributed by atoms with Crippen molar-refractivity contribution in [3.63, 3.8) is 0 Å². The molecule has 0 spiro atoms. The van der Waals surface area contributed by atoms with Crippen LogP contribution in [-0.4, -0.2) is 15.1 Å². The van der Waals surface area contributed by atoms with Gasteiger partial charge in [0.2, 0.25) is 0 Å². The molecule has 0 atom stereocenters. The van der Waals surface area contributed by atoms with E-state index >= 15 is 0 Å². The summed E-state index contributed by atoms with van der Waals surface area (Å²) < 4.78 is 0. The fraction of sp³-hybridized carbons (Fsp3) is 0.200. The van der Waals surface area contributed by atoms with E-state index in [2.05, 4.69) is 29.9 Å². The third-order valence-electron chi connectivity index (χ3n) is 3.13. The highest BCUT2D eigenvalue weighted by Crippen LogP contribution is 2.27. The van der Waals surface area contributed by atoms with E-state index in [-0.39, 0.29) is 5.75 Å². The predicted molar refractivity (Wildman–Crippen MR) is 72.8 cm³/mol. The summed E-state index contributed by atoms with van der Waals surface area (Å²) in [5, 5.41) is 9.86. The van der Waals surface area contributed by atoms with Crippen molar-refractivity contribution >= 4 is 22.1 Å². The topological polar surface area (TPSA) is 46.0 Å². The summed E-state index contributed by atoms with van der Waals surface area (Å²) in [5.41, 5.74) is 4.20. The van der Waals surface area contributed by atoms with Gasteiger partial charge in [0.25, 0.3) is 0 Å². The number of nitrogens with zero attached hydrogens (tertiary/aromatic N) is 2. The summed E-state index contributed by atoms with van der Waals surface area (Å²) in [6, 6.07) is 11.3. The van der Waals surface area contributed by atoms with Crippen LogP contribution < -0.4 is 0 Å². The second-order valence-corrected chi connectivity index (χ2v) is 4.74. The molecule has 18 heavy (non-hydrogen) atoms. The molecule has 0 saturated heterocycles. The van der Waals surface area contributed by atoms with Crippen molar-refractivity contribution in [2.75, 3.05) is 0 Å². The molecule has 0 aliphatic heterocycles. The Balaban J connectivity index is 2.46. The molecule has 3 nitrogen and oxygen atoms in total. The number of rotatable bonds is 1. The molecule has 0 bridgehead atoms. The Labute approximate surface area is 105 Å². The van der Waals surface area contributed by atoms with Gasteiger partial charge in [0.1, 0.15) is 11.3 Å². The molecule has 1 N–H and O–H groups in total. The Bertz CT molecular complexity index is 735. The summed E-state index contributed by atoms with van der Waals surface area (Å²) in [4.78, 5) is 9.14. The fourth-order valence-corrected chi connectivity index (χ4v) is 2.19. The highest BCUT2D eigenvalue weighted by molar-refractivity contribution is 5.90. The van der Waals surface area contributed by atoms with Gasteiger partial charge >= 0.3 is 0 Å². The van der Waals surface area contributed by atoms with Crippen molar-refractivity contribution < 1.29 is 5.11 Å². The minimum Gasteiger partial charge on any atom is -0.506 e. The van der Waals surface area contributed by atoms with Gasteiger partial charge in [-0.2, -0.15) is 0 Å². The lowest BCUT2D eigenvalue weighted by atomic mass is 10.0. The minimum absolute atomic E-state index is 0.181. The van der Waals surface area contributed by atoms with Crippen LogP contribution in [0, 0.1) is 0 Å². The highest BCUT2D eigenvalue weighted by atomic mass is 16.3.